The van der Waals surface area contributed by atoms with Crippen molar-refractivity contribution in [1.29, 1.82) is 0 Å². The monoisotopic (exact) mass is 297 g/mol. The van der Waals surface area contributed by atoms with Gasteiger partial charge in [-0.15, -0.1) is 0 Å². The van der Waals surface area contributed by atoms with Crippen molar-refractivity contribution in [3.05, 3.63) is 38.9 Å². The fraction of sp³-hybridized carbons (Fsp3) is 0.571. The first-order valence-corrected chi connectivity index (χ1v) is 7.37. The summed E-state index contributed by atoms with van der Waals surface area (Å²) in [7, 11) is 0. The molecule has 0 spiro atoms. The van der Waals surface area contributed by atoms with Gasteiger partial charge >= 0.3 is 0 Å². The molecule has 0 aliphatic carbocycles. The molecule has 0 aromatic heterocycles. The molecule has 5 nitrogen and oxygen atoms in total. The number of hydrogen-bond donors (Lipinski definition) is 1. The number of nitro groups is 1. The van der Waals surface area contributed by atoms with Crippen molar-refractivity contribution in [1.82, 2.24) is 10.2 Å². The summed E-state index contributed by atoms with van der Waals surface area (Å²) >= 11 is 5.97. The fourth-order valence-electron chi connectivity index (χ4n) is 2.66. The number of nitrogens with one attached hydrogen (secondary N) is 1. The van der Waals surface area contributed by atoms with E-state index in [9.17, 15) is 10.1 Å². The molecule has 1 N–H and O–H groups in total. The van der Waals surface area contributed by atoms with Crippen molar-refractivity contribution in [2.24, 2.45) is 0 Å². The molecule has 1 atom stereocenters. The van der Waals surface area contributed by atoms with E-state index in [0.717, 1.165) is 44.6 Å². The summed E-state index contributed by atoms with van der Waals surface area (Å²) in [6.07, 6.45) is 2.32. The second kappa shape index (κ2) is 7.02. The highest BCUT2D eigenvalue weighted by Gasteiger charge is 2.22. The van der Waals surface area contributed by atoms with Gasteiger partial charge in [0.1, 0.15) is 5.02 Å². The van der Waals surface area contributed by atoms with Crippen molar-refractivity contribution in [3.8, 4) is 0 Å². The summed E-state index contributed by atoms with van der Waals surface area (Å²) in [5.41, 5.74) is 1.00. The van der Waals surface area contributed by atoms with Crippen LogP contribution in [0.5, 0.6) is 0 Å². The SMILES string of the molecule is CCCC1CNCCN1Cc1ccc([N+](=O)[O-])c(Cl)c1. The molecule has 1 heterocycles. The van der Waals surface area contributed by atoms with E-state index >= 15 is 0 Å². The van der Waals surface area contributed by atoms with Gasteiger partial charge in [-0.05, 0) is 18.1 Å². The zero-order chi connectivity index (χ0) is 14.5. The van der Waals surface area contributed by atoms with Gasteiger partial charge in [0.2, 0.25) is 0 Å². The maximum Gasteiger partial charge on any atom is 0.287 e. The molecule has 0 saturated carbocycles. The Balaban J connectivity index is 2.08. The van der Waals surface area contributed by atoms with Gasteiger partial charge in [-0.1, -0.05) is 31.0 Å². The summed E-state index contributed by atoms with van der Waals surface area (Å²) in [6.45, 7) is 5.98. The van der Waals surface area contributed by atoms with E-state index in [4.69, 9.17) is 11.6 Å². The standard InChI is InChI=1S/C14H20ClN3O2/c1-2-3-12-9-16-6-7-17(12)10-11-4-5-14(18(19)20)13(15)8-11/h4-5,8,12,16H,2-3,6-7,9-10H2,1H3. The van der Waals surface area contributed by atoms with Crippen LogP contribution in [0.3, 0.4) is 0 Å². The lowest BCUT2D eigenvalue weighted by Gasteiger charge is -2.36. The van der Waals surface area contributed by atoms with Crippen LogP contribution in [0.25, 0.3) is 0 Å². The average Bonchev–Trinajstić information content (AvgIpc) is 2.41. The minimum absolute atomic E-state index is 0.0270. The quantitative estimate of drug-likeness (QED) is 0.671. The van der Waals surface area contributed by atoms with E-state index < -0.39 is 4.92 Å². The molecule has 6 heteroatoms. The van der Waals surface area contributed by atoms with E-state index in [0.29, 0.717) is 6.04 Å². The molecule has 1 fully saturated rings. The van der Waals surface area contributed by atoms with Crippen LogP contribution in [0.15, 0.2) is 18.2 Å². The smallest absolute Gasteiger partial charge is 0.287 e. The third kappa shape index (κ3) is 3.69. The molecule has 0 radical (unpaired) electrons. The number of nitro benzene ring substituents is 1. The summed E-state index contributed by atoms with van der Waals surface area (Å²) in [5, 5.41) is 14.4. The molecule has 1 unspecified atom stereocenters. The second-order valence-corrected chi connectivity index (χ2v) is 5.57. The Morgan fingerprint density at radius 1 is 1.55 bits per heavy atom. The van der Waals surface area contributed by atoms with Gasteiger partial charge in [0.15, 0.2) is 0 Å². The van der Waals surface area contributed by atoms with Crippen LogP contribution >= 0.6 is 11.6 Å². The number of rotatable bonds is 5. The van der Waals surface area contributed by atoms with E-state index in [-0.39, 0.29) is 10.7 Å². The molecule has 1 aromatic rings. The predicted octanol–water partition coefficient (Wildman–Crippen LogP) is 2.82. The van der Waals surface area contributed by atoms with Crippen molar-refractivity contribution >= 4 is 17.3 Å². The van der Waals surface area contributed by atoms with Gasteiger partial charge in [0.25, 0.3) is 5.69 Å². The molecular weight excluding hydrogens is 278 g/mol. The van der Waals surface area contributed by atoms with Gasteiger partial charge in [-0.25, -0.2) is 0 Å². The number of halogens is 1. The fourth-order valence-corrected chi connectivity index (χ4v) is 2.93. The molecule has 2 rings (SSSR count). The van der Waals surface area contributed by atoms with Crippen molar-refractivity contribution in [3.63, 3.8) is 0 Å². The lowest BCUT2D eigenvalue weighted by Crippen LogP contribution is -2.50. The van der Waals surface area contributed by atoms with E-state index in [1.165, 1.54) is 6.07 Å². The molecule has 0 amide bonds. The Morgan fingerprint density at radius 3 is 3.00 bits per heavy atom. The Hall–Kier alpha value is -1.17. The summed E-state index contributed by atoms with van der Waals surface area (Å²) < 4.78 is 0. The van der Waals surface area contributed by atoms with Crippen LogP contribution in [0.4, 0.5) is 5.69 Å². The van der Waals surface area contributed by atoms with Crippen molar-refractivity contribution in [2.75, 3.05) is 19.6 Å². The number of piperazine rings is 1. The Labute approximate surface area is 124 Å². The highest BCUT2D eigenvalue weighted by molar-refractivity contribution is 6.32. The molecule has 1 saturated heterocycles. The number of hydrogen-bond acceptors (Lipinski definition) is 4. The van der Waals surface area contributed by atoms with Crippen LogP contribution in [0.1, 0.15) is 25.3 Å². The van der Waals surface area contributed by atoms with Crippen LogP contribution in [-0.4, -0.2) is 35.5 Å². The number of nitrogens with zero attached hydrogens (tertiary/aromatic N) is 2. The average molecular weight is 298 g/mol. The minimum atomic E-state index is -0.448. The zero-order valence-electron chi connectivity index (χ0n) is 11.6. The summed E-state index contributed by atoms with van der Waals surface area (Å²) in [6, 6.07) is 5.54. The van der Waals surface area contributed by atoms with E-state index in [2.05, 4.69) is 17.1 Å². The van der Waals surface area contributed by atoms with Crippen LogP contribution in [0, 0.1) is 10.1 Å². The van der Waals surface area contributed by atoms with Crippen LogP contribution < -0.4 is 5.32 Å². The Morgan fingerprint density at radius 2 is 2.35 bits per heavy atom. The molecule has 0 bridgehead atoms. The first-order valence-electron chi connectivity index (χ1n) is 6.99. The minimum Gasteiger partial charge on any atom is -0.314 e. The molecular formula is C14H20ClN3O2. The first-order chi connectivity index (χ1) is 9.61. The zero-order valence-corrected chi connectivity index (χ0v) is 12.4. The molecule has 110 valence electrons. The van der Waals surface area contributed by atoms with Gasteiger partial charge in [0, 0.05) is 38.3 Å². The van der Waals surface area contributed by atoms with Crippen LogP contribution in [-0.2, 0) is 6.54 Å². The lowest BCUT2D eigenvalue weighted by atomic mass is 10.1. The largest absolute Gasteiger partial charge is 0.314 e. The Kier molecular flexibility index (Phi) is 5.34. The van der Waals surface area contributed by atoms with Gasteiger partial charge in [-0.2, -0.15) is 0 Å². The molecule has 20 heavy (non-hydrogen) atoms. The van der Waals surface area contributed by atoms with Crippen molar-refractivity contribution < 1.29 is 4.92 Å². The molecule has 1 aromatic carbocycles. The normalized spacial score (nSPS) is 20.0. The third-order valence-electron chi connectivity index (χ3n) is 3.69. The number of benzene rings is 1. The van der Waals surface area contributed by atoms with Gasteiger partial charge < -0.3 is 5.32 Å². The van der Waals surface area contributed by atoms with Gasteiger partial charge in [-0.3, -0.25) is 15.0 Å². The first kappa shape index (κ1) is 15.2. The summed E-state index contributed by atoms with van der Waals surface area (Å²) in [5.74, 6) is 0. The highest BCUT2D eigenvalue weighted by Crippen LogP contribution is 2.26. The molecule has 1 aliphatic heterocycles. The van der Waals surface area contributed by atoms with Crippen molar-refractivity contribution in [2.45, 2.75) is 32.4 Å². The van der Waals surface area contributed by atoms with Gasteiger partial charge in [0.05, 0.1) is 4.92 Å². The highest BCUT2D eigenvalue weighted by atomic mass is 35.5. The maximum atomic E-state index is 10.8. The van der Waals surface area contributed by atoms with E-state index in [1.54, 1.807) is 12.1 Å². The molecule has 1 aliphatic rings. The third-order valence-corrected chi connectivity index (χ3v) is 3.99. The summed E-state index contributed by atoms with van der Waals surface area (Å²) in [4.78, 5) is 12.7. The predicted molar refractivity (Wildman–Crippen MR) is 80.1 cm³/mol. The lowest BCUT2D eigenvalue weighted by molar-refractivity contribution is -0.384. The topological polar surface area (TPSA) is 58.4 Å². The van der Waals surface area contributed by atoms with Crippen LogP contribution in [0.2, 0.25) is 5.02 Å². The van der Waals surface area contributed by atoms with E-state index in [1.807, 2.05) is 0 Å². The maximum absolute atomic E-state index is 10.8. The Bertz CT molecular complexity index is 479. The second-order valence-electron chi connectivity index (χ2n) is 5.16.